The van der Waals surface area contributed by atoms with E-state index >= 15 is 0 Å². The van der Waals surface area contributed by atoms with Crippen LogP contribution in [0.25, 0.3) is 11.4 Å². The minimum absolute atomic E-state index is 0.624. The molecule has 0 radical (unpaired) electrons. The smallest absolute Gasteiger partial charge is 0.182 e. The molecule has 0 atom stereocenters. The second-order valence-electron chi connectivity index (χ2n) is 4.77. The van der Waals surface area contributed by atoms with Gasteiger partial charge in [-0.1, -0.05) is 0 Å². The summed E-state index contributed by atoms with van der Waals surface area (Å²) in [7, 11) is 3.32. The molecule has 0 fully saturated rings. The van der Waals surface area contributed by atoms with Crippen LogP contribution >= 0.6 is 0 Å². The van der Waals surface area contributed by atoms with E-state index in [1.807, 2.05) is 12.1 Å². The predicted octanol–water partition coefficient (Wildman–Crippen LogP) is 1.75. The molecule has 0 aliphatic carbocycles. The van der Waals surface area contributed by atoms with Crippen LogP contribution in [0.2, 0.25) is 0 Å². The molecule has 7 nitrogen and oxygen atoms in total. The quantitative estimate of drug-likeness (QED) is 0.589. The van der Waals surface area contributed by atoms with Crippen LogP contribution < -0.4 is 10.5 Å². The lowest BCUT2D eigenvalue weighted by atomic mass is 10.1. The highest BCUT2D eigenvalue weighted by atomic mass is 16.5. The normalized spacial score (nSPS) is 10.8. The van der Waals surface area contributed by atoms with Gasteiger partial charge in [-0.25, -0.2) is 4.68 Å². The molecule has 0 unspecified atom stereocenters. The molecule has 7 heteroatoms. The average molecular weight is 291 g/mol. The third-order valence-electron chi connectivity index (χ3n) is 3.17. The van der Waals surface area contributed by atoms with Crippen LogP contribution in [0, 0.1) is 0 Å². The average Bonchev–Trinajstić information content (AvgIpc) is 2.95. The summed E-state index contributed by atoms with van der Waals surface area (Å²) in [6.45, 7) is 1.55. The number of hydrogen-bond donors (Lipinski definition) is 1. The van der Waals surface area contributed by atoms with Crippen molar-refractivity contribution in [3.05, 3.63) is 18.2 Å². The van der Waals surface area contributed by atoms with Gasteiger partial charge in [-0.15, -0.1) is 5.10 Å². The first-order valence-electron chi connectivity index (χ1n) is 6.94. The molecule has 0 aliphatic heterocycles. The first-order valence-corrected chi connectivity index (χ1v) is 6.94. The van der Waals surface area contributed by atoms with Crippen molar-refractivity contribution in [1.82, 2.24) is 20.2 Å². The lowest BCUT2D eigenvalue weighted by molar-refractivity contribution is 0.191. The van der Waals surface area contributed by atoms with Crippen LogP contribution in [0.1, 0.15) is 19.3 Å². The molecule has 2 N–H and O–H groups in total. The monoisotopic (exact) mass is 291 g/mol. The van der Waals surface area contributed by atoms with Gasteiger partial charge in [0.2, 0.25) is 0 Å². The Balaban J connectivity index is 2.07. The third kappa shape index (κ3) is 4.16. The van der Waals surface area contributed by atoms with Crippen LogP contribution in [0.4, 0.5) is 5.69 Å². The van der Waals surface area contributed by atoms with Gasteiger partial charge in [0.25, 0.3) is 0 Å². The number of nitrogens with zero attached hydrogens (tertiary/aromatic N) is 4. The molecule has 2 rings (SSSR count). The maximum Gasteiger partial charge on any atom is 0.182 e. The molecular formula is C14H21N5O2. The molecule has 1 aromatic heterocycles. The Kier molecular flexibility index (Phi) is 5.51. The summed E-state index contributed by atoms with van der Waals surface area (Å²) in [5, 5.41) is 11.9. The summed E-state index contributed by atoms with van der Waals surface area (Å²) in [4.78, 5) is 0. The van der Waals surface area contributed by atoms with Gasteiger partial charge in [0.1, 0.15) is 5.75 Å². The summed E-state index contributed by atoms with van der Waals surface area (Å²) < 4.78 is 12.1. The van der Waals surface area contributed by atoms with Gasteiger partial charge >= 0.3 is 0 Å². The van der Waals surface area contributed by atoms with Gasteiger partial charge in [0.05, 0.1) is 7.11 Å². The Morgan fingerprint density at radius 2 is 2.00 bits per heavy atom. The highest BCUT2D eigenvalue weighted by Crippen LogP contribution is 2.25. The number of aromatic nitrogens is 4. The van der Waals surface area contributed by atoms with Gasteiger partial charge < -0.3 is 15.2 Å². The largest absolute Gasteiger partial charge is 0.497 e. The minimum atomic E-state index is 0.624. The van der Waals surface area contributed by atoms with Crippen molar-refractivity contribution < 1.29 is 9.47 Å². The topological polar surface area (TPSA) is 88.1 Å². The first kappa shape index (κ1) is 15.2. The van der Waals surface area contributed by atoms with Crippen molar-refractivity contribution in [3.8, 4) is 17.1 Å². The molecule has 0 saturated carbocycles. The number of anilines is 1. The highest BCUT2D eigenvalue weighted by Gasteiger charge is 2.10. The number of ether oxygens (including phenoxy) is 2. The molecule has 2 aromatic rings. The number of unbranched alkanes of at least 4 members (excludes halogenated alkanes) is 2. The van der Waals surface area contributed by atoms with E-state index in [0.717, 1.165) is 38.0 Å². The van der Waals surface area contributed by atoms with E-state index in [0.29, 0.717) is 17.3 Å². The molecule has 0 saturated heterocycles. The fourth-order valence-corrected chi connectivity index (χ4v) is 2.12. The standard InChI is InChI=1S/C14H21N5O2/c1-20-7-5-3-4-6-19-14(16-17-18-19)11-8-12(15)10-13(9-11)21-2/h8-10H,3-7,15H2,1-2H3. The van der Waals surface area contributed by atoms with Gasteiger partial charge in [-0.3, -0.25) is 0 Å². The zero-order chi connectivity index (χ0) is 15.1. The molecule has 0 amide bonds. The Morgan fingerprint density at radius 3 is 2.76 bits per heavy atom. The summed E-state index contributed by atoms with van der Waals surface area (Å²) in [6, 6.07) is 5.49. The second-order valence-corrected chi connectivity index (χ2v) is 4.77. The summed E-state index contributed by atoms with van der Waals surface area (Å²) in [5.74, 6) is 1.40. The van der Waals surface area contributed by atoms with Crippen molar-refractivity contribution in [2.24, 2.45) is 0 Å². The number of nitrogen functional groups attached to an aromatic ring is 1. The van der Waals surface area contributed by atoms with Gasteiger partial charge in [0.15, 0.2) is 5.82 Å². The van der Waals surface area contributed by atoms with E-state index in [1.165, 1.54) is 0 Å². The predicted molar refractivity (Wildman–Crippen MR) is 79.9 cm³/mol. The van der Waals surface area contributed by atoms with E-state index in [9.17, 15) is 0 Å². The molecule has 0 spiro atoms. The molecular weight excluding hydrogens is 270 g/mol. The van der Waals surface area contributed by atoms with Crippen LogP contribution in [0.15, 0.2) is 18.2 Å². The summed E-state index contributed by atoms with van der Waals surface area (Å²) in [5.41, 5.74) is 7.35. The number of nitrogens with two attached hydrogens (primary N) is 1. The number of aryl methyl sites for hydroxylation is 1. The summed E-state index contributed by atoms with van der Waals surface area (Å²) >= 11 is 0. The van der Waals surface area contributed by atoms with Crippen molar-refractivity contribution in [1.29, 1.82) is 0 Å². The van der Waals surface area contributed by atoms with Crippen molar-refractivity contribution in [3.63, 3.8) is 0 Å². The molecule has 0 aliphatic rings. The van der Waals surface area contributed by atoms with Gasteiger partial charge in [0, 0.05) is 37.6 Å². The molecule has 114 valence electrons. The van der Waals surface area contributed by atoms with Crippen LogP contribution in [-0.2, 0) is 11.3 Å². The molecule has 0 bridgehead atoms. The Bertz CT molecular complexity index is 570. The number of tetrazole rings is 1. The lowest BCUT2D eigenvalue weighted by Crippen LogP contribution is -2.04. The van der Waals surface area contributed by atoms with E-state index in [-0.39, 0.29) is 0 Å². The minimum Gasteiger partial charge on any atom is -0.497 e. The van der Waals surface area contributed by atoms with Crippen molar-refractivity contribution >= 4 is 5.69 Å². The second kappa shape index (κ2) is 7.58. The van der Waals surface area contributed by atoms with E-state index in [1.54, 1.807) is 25.0 Å². The van der Waals surface area contributed by atoms with E-state index in [4.69, 9.17) is 15.2 Å². The Hall–Kier alpha value is -2.15. The van der Waals surface area contributed by atoms with Crippen molar-refractivity contribution in [2.75, 3.05) is 26.6 Å². The van der Waals surface area contributed by atoms with Gasteiger partial charge in [-0.2, -0.15) is 0 Å². The van der Waals surface area contributed by atoms with Gasteiger partial charge in [-0.05, 0) is 41.8 Å². The summed E-state index contributed by atoms with van der Waals surface area (Å²) in [6.07, 6.45) is 3.12. The molecule has 1 aromatic carbocycles. The zero-order valence-corrected chi connectivity index (χ0v) is 12.5. The molecule has 1 heterocycles. The maximum absolute atomic E-state index is 5.87. The number of benzene rings is 1. The maximum atomic E-state index is 5.87. The van der Waals surface area contributed by atoms with E-state index < -0.39 is 0 Å². The third-order valence-corrected chi connectivity index (χ3v) is 3.17. The van der Waals surface area contributed by atoms with Crippen LogP contribution in [0.5, 0.6) is 5.75 Å². The SMILES string of the molecule is COCCCCCn1nnnc1-c1cc(N)cc(OC)c1. The Morgan fingerprint density at radius 1 is 1.14 bits per heavy atom. The molecule has 21 heavy (non-hydrogen) atoms. The highest BCUT2D eigenvalue weighted by molar-refractivity contribution is 5.64. The first-order chi connectivity index (χ1) is 10.2. The fourth-order valence-electron chi connectivity index (χ4n) is 2.12. The Labute approximate surface area is 124 Å². The number of methoxy groups -OCH3 is 2. The lowest BCUT2D eigenvalue weighted by Gasteiger charge is -2.07. The van der Waals surface area contributed by atoms with Crippen LogP contribution in [0.3, 0.4) is 0 Å². The number of hydrogen-bond acceptors (Lipinski definition) is 6. The van der Waals surface area contributed by atoms with Crippen LogP contribution in [-0.4, -0.2) is 41.0 Å². The zero-order valence-electron chi connectivity index (χ0n) is 12.5. The van der Waals surface area contributed by atoms with Crippen molar-refractivity contribution in [2.45, 2.75) is 25.8 Å². The fraction of sp³-hybridized carbons (Fsp3) is 0.500. The van der Waals surface area contributed by atoms with E-state index in [2.05, 4.69) is 15.5 Å². The number of rotatable bonds is 8.